The monoisotopic (exact) mass is 264 g/mol. The van der Waals surface area contributed by atoms with Crippen LogP contribution in [-0.2, 0) is 0 Å². The second kappa shape index (κ2) is 6.90. The number of hydrogen-bond donors (Lipinski definition) is 1. The molecular formula is C16H25FN2. The molecule has 0 aromatic heterocycles. The van der Waals surface area contributed by atoms with Gasteiger partial charge in [-0.05, 0) is 69.9 Å². The van der Waals surface area contributed by atoms with Crippen LogP contribution in [0.1, 0.15) is 33.1 Å². The highest BCUT2D eigenvalue weighted by atomic mass is 19.1. The molecule has 1 unspecified atom stereocenters. The van der Waals surface area contributed by atoms with Gasteiger partial charge in [-0.2, -0.15) is 0 Å². The first-order valence-electron chi connectivity index (χ1n) is 7.43. The summed E-state index contributed by atoms with van der Waals surface area (Å²) in [6.45, 7) is 8.07. The SMILES string of the molecule is CCCN1CCC(C(C)Nc2cccc(F)c2)CC1. The third-order valence-electron chi connectivity index (χ3n) is 4.10. The van der Waals surface area contributed by atoms with Crippen molar-refractivity contribution in [1.82, 2.24) is 4.90 Å². The summed E-state index contributed by atoms with van der Waals surface area (Å²) in [4.78, 5) is 2.55. The number of hydrogen-bond acceptors (Lipinski definition) is 2. The quantitative estimate of drug-likeness (QED) is 0.871. The van der Waals surface area contributed by atoms with E-state index in [1.165, 1.54) is 45.0 Å². The second-order valence-corrected chi connectivity index (χ2v) is 5.62. The Kier molecular flexibility index (Phi) is 5.20. The van der Waals surface area contributed by atoms with E-state index in [1.54, 1.807) is 12.1 Å². The Bertz CT molecular complexity index is 386. The van der Waals surface area contributed by atoms with E-state index in [4.69, 9.17) is 0 Å². The Morgan fingerprint density at radius 3 is 2.74 bits per heavy atom. The fraction of sp³-hybridized carbons (Fsp3) is 0.625. The molecule has 2 nitrogen and oxygen atoms in total. The van der Waals surface area contributed by atoms with Gasteiger partial charge in [-0.3, -0.25) is 0 Å². The first-order valence-corrected chi connectivity index (χ1v) is 7.43. The zero-order valence-corrected chi connectivity index (χ0v) is 12.0. The first kappa shape index (κ1) is 14.3. The van der Waals surface area contributed by atoms with E-state index >= 15 is 0 Å². The maximum absolute atomic E-state index is 13.1. The number of piperidine rings is 1. The summed E-state index contributed by atoms with van der Waals surface area (Å²) in [6.07, 6.45) is 3.72. The van der Waals surface area contributed by atoms with Crippen molar-refractivity contribution in [2.75, 3.05) is 25.0 Å². The molecule has 3 heteroatoms. The fourth-order valence-electron chi connectivity index (χ4n) is 2.95. The van der Waals surface area contributed by atoms with E-state index in [2.05, 4.69) is 24.1 Å². The van der Waals surface area contributed by atoms with Crippen molar-refractivity contribution in [1.29, 1.82) is 0 Å². The van der Waals surface area contributed by atoms with E-state index in [0.717, 1.165) is 5.69 Å². The van der Waals surface area contributed by atoms with Crippen molar-refractivity contribution >= 4 is 5.69 Å². The number of benzene rings is 1. The molecule has 1 aliphatic rings. The molecule has 0 saturated carbocycles. The summed E-state index contributed by atoms with van der Waals surface area (Å²) in [5.74, 6) is 0.520. The average Bonchev–Trinajstić information content (AvgIpc) is 2.40. The molecule has 0 radical (unpaired) electrons. The summed E-state index contributed by atoms with van der Waals surface area (Å²) in [5, 5.41) is 3.44. The van der Waals surface area contributed by atoms with Gasteiger partial charge in [0.05, 0.1) is 0 Å². The van der Waals surface area contributed by atoms with Crippen LogP contribution in [0, 0.1) is 11.7 Å². The van der Waals surface area contributed by atoms with Crippen LogP contribution in [0.15, 0.2) is 24.3 Å². The molecule has 1 aromatic carbocycles. The van der Waals surface area contributed by atoms with Crippen molar-refractivity contribution in [3.63, 3.8) is 0 Å². The van der Waals surface area contributed by atoms with Crippen molar-refractivity contribution in [3.8, 4) is 0 Å². The van der Waals surface area contributed by atoms with Gasteiger partial charge in [0.25, 0.3) is 0 Å². The molecule has 0 amide bonds. The summed E-state index contributed by atoms with van der Waals surface area (Å²) < 4.78 is 13.1. The van der Waals surface area contributed by atoms with E-state index in [1.807, 2.05) is 6.07 Å². The predicted octanol–water partition coefficient (Wildman–Crippen LogP) is 3.75. The van der Waals surface area contributed by atoms with Crippen molar-refractivity contribution in [3.05, 3.63) is 30.1 Å². The minimum atomic E-state index is -0.171. The highest BCUT2D eigenvalue weighted by Gasteiger charge is 2.23. The lowest BCUT2D eigenvalue weighted by molar-refractivity contribution is 0.176. The van der Waals surface area contributed by atoms with E-state index in [-0.39, 0.29) is 5.82 Å². The third-order valence-corrected chi connectivity index (χ3v) is 4.10. The molecule has 1 saturated heterocycles. The van der Waals surface area contributed by atoms with Crippen molar-refractivity contribution in [2.24, 2.45) is 5.92 Å². The lowest BCUT2D eigenvalue weighted by atomic mass is 9.90. The van der Waals surface area contributed by atoms with Gasteiger partial charge in [-0.25, -0.2) is 4.39 Å². The molecule has 0 aliphatic carbocycles. The van der Waals surface area contributed by atoms with Crippen LogP contribution >= 0.6 is 0 Å². The number of nitrogens with one attached hydrogen (secondary N) is 1. The zero-order chi connectivity index (χ0) is 13.7. The van der Waals surface area contributed by atoms with Gasteiger partial charge in [-0.15, -0.1) is 0 Å². The van der Waals surface area contributed by atoms with Crippen LogP contribution in [0.2, 0.25) is 0 Å². The highest BCUT2D eigenvalue weighted by molar-refractivity contribution is 5.43. The number of halogens is 1. The third kappa shape index (κ3) is 4.20. The van der Waals surface area contributed by atoms with E-state index in [9.17, 15) is 4.39 Å². The molecule has 106 valence electrons. The second-order valence-electron chi connectivity index (χ2n) is 5.62. The van der Waals surface area contributed by atoms with Crippen LogP contribution in [0.3, 0.4) is 0 Å². The molecule has 1 heterocycles. The number of rotatable bonds is 5. The highest BCUT2D eigenvalue weighted by Crippen LogP contribution is 2.23. The minimum Gasteiger partial charge on any atom is -0.382 e. The lowest BCUT2D eigenvalue weighted by Gasteiger charge is -2.35. The summed E-state index contributed by atoms with van der Waals surface area (Å²) in [7, 11) is 0. The molecule has 1 N–H and O–H groups in total. The lowest BCUT2D eigenvalue weighted by Crippen LogP contribution is -2.39. The standard InChI is InChI=1S/C16H25FN2/c1-3-9-19-10-7-14(8-11-19)13(2)18-16-6-4-5-15(17)12-16/h4-6,12-14,18H,3,7-11H2,1-2H3. The van der Waals surface area contributed by atoms with Crippen LogP contribution < -0.4 is 5.32 Å². The number of anilines is 1. The van der Waals surface area contributed by atoms with Crippen molar-refractivity contribution < 1.29 is 4.39 Å². The molecule has 19 heavy (non-hydrogen) atoms. The topological polar surface area (TPSA) is 15.3 Å². The fourth-order valence-corrected chi connectivity index (χ4v) is 2.95. The average molecular weight is 264 g/mol. The van der Waals surface area contributed by atoms with Gasteiger partial charge in [0.15, 0.2) is 0 Å². The zero-order valence-electron chi connectivity index (χ0n) is 12.0. The van der Waals surface area contributed by atoms with Crippen LogP contribution in [0.4, 0.5) is 10.1 Å². The Morgan fingerprint density at radius 2 is 2.11 bits per heavy atom. The summed E-state index contributed by atoms with van der Waals surface area (Å²) in [6, 6.07) is 7.16. The molecule has 2 rings (SSSR count). The summed E-state index contributed by atoms with van der Waals surface area (Å²) in [5.41, 5.74) is 0.892. The molecule has 1 atom stereocenters. The Hall–Kier alpha value is -1.09. The molecular weight excluding hydrogens is 239 g/mol. The van der Waals surface area contributed by atoms with Gasteiger partial charge in [0.2, 0.25) is 0 Å². The van der Waals surface area contributed by atoms with E-state index in [0.29, 0.717) is 12.0 Å². The molecule has 1 fully saturated rings. The predicted molar refractivity (Wildman–Crippen MR) is 78.9 cm³/mol. The van der Waals surface area contributed by atoms with E-state index < -0.39 is 0 Å². The van der Waals surface area contributed by atoms with Gasteiger partial charge in [0, 0.05) is 11.7 Å². The molecule has 1 aliphatic heterocycles. The number of likely N-dealkylation sites (tertiary alicyclic amines) is 1. The Morgan fingerprint density at radius 1 is 1.37 bits per heavy atom. The normalized spacial score (nSPS) is 19.3. The maximum atomic E-state index is 13.1. The largest absolute Gasteiger partial charge is 0.382 e. The van der Waals surface area contributed by atoms with Gasteiger partial charge >= 0.3 is 0 Å². The molecule has 0 bridgehead atoms. The first-order chi connectivity index (χ1) is 9.19. The van der Waals surface area contributed by atoms with Crippen LogP contribution in [-0.4, -0.2) is 30.6 Å². The minimum absolute atomic E-state index is 0.171. The molecule has 0 spiro atoms. The van der Waals surface area contributed by atoms with Crippen molar-refractivity contribution in [2.45, 2.75) is 39.2 Å². The van der Waals surface area contributed by atoms with Crippen LogP contribution in [0.5, 0.6) is 0 Å². The summed E-state index contributed by atoms with van der Waals surface area (Å²) >= 11 is 0. The van der Waals surface area contributed by atoms with Gasteiger partial charge in [0.1, 0.15) is 5.82 Å². The van der Waals surface area contributed by atoms with Crippen LogP contribution in [0.25, 0.3) is 0 Å². The maximum Gasteiger partial charge on any atom is 0.125 e. The molecule has 1 aromatic rings. The Labute approximate surface area is 116 Å². The van der Waals surface area contributed by atoms with Gasteiger partial charge < -0.3 is 10.2 Å². The number of nitrogens with zero attached hydrogens (tertiary/aromatic N) is 1. The van der Waals surface area contributed by atoms with Gasteiger partial charge in [-0.1, -0.05) is 13.0 Å². The Balaban J connectivity index is 1.82. The smallest absolute Gasteiger partial charge is 0.125 e.